The van der Waals surface area contributed by atoms with Crippen LogP contribution in [0.4, 0.5) is 0 Å². The van der Waals surface area contributed by atoms with E-state index in [1.807, 2.05) is 0 Å². The number of alkyl halides is 1. The molecule has 0 bridgehead atoms. The molecule has 1 heterocycles. The van der Waals surface area contributed by atoms with Crippen LogP contribution in [-0.4, -0.2) is 54.4 Å². The Labute approximate surface area is 90.4 Å². The smallest absolute Gasteiger partial charge is 0.0159 e. The number of rotatable bonds is 4. The quantitative estimate of drug-likeness (QED) is 0.699. The van der Waals surface area contributed by atoms with Gasteiger partial charge in [0, 0.05) is 44.6 Å². The predicted molar refractivity (Wildman–Crippen MR) is 61.5 cm³/mol. The van der Waals surface area contributed by atoms with Crippen molar-refractivity contribution >= 4 is 15.9 Å². The Balaban J connectivity index is 2.15. The summed E-state index contributed by atoms with van der Waals surface area (Å²) < 4.78 is 0. The lowest BCUT2D eigenvalue weighted by atomic mass is 10.2. The van der Waals surface area contributed by atoms with Crippen molar-refractivity contribution < 1.29 is 0 Å². The average Bonchev–Trinajstić information content (AvgIpc) is 2.08. The molecule has 2 nitrogen and oxygen atoms in total. The third kappa shape index (κ3) is 4.43. The molecule has 1 saturated heterocycles. The Bertz CT molecular complexity index is 131. The number of hydrogen-bond donors (Lipinski definition) is 0. The second-order valence-corrected chi connectivity index (χ2v) is 5.02. The first-order valence-electron chi connectivity index (χ1n) is 5.23. The highest BCUT2D eigenvalue weighted by Gasteiger charge is 2.16. The molecule has 1 aliphatic heterocycles. The minimum absolute atomic E-state index is 0.808. The van der Waals surface area contributed by atoms with E-state index < -0.39 is 0 Å². The summed E-state index contributed by atoms with van der Waals surface area (Å²) in [5, 5.41) is 1.11. The first-order chi connectivity index (χ1) is 6.22. The second-order valence-electron chi connectivity index (χ2n) is 4.23. The molecule has 0 unspecified atom stereocenters. The lowest BCUT2D eigenvalue weighted by Gasteiger charge is -2.35. The van der Waals surface area contributed by atoms with Gasteiger partial charge in [0.2, 0.25) is 0 Å². The molecular formula is C10H21BrN2. The molecule has 13 heavy (non-hydrogen) atoms. The van der Waals surface area contributed by atoms with Gasteiger partial charge in [0.1, 0.15) is 0 Å². The molecule has 0 aliphatic carbocycles. The largest absolute Gasteiger partial charge is 0.301 e. The predicted octanol–water partition coefficient (Wildman–Crippen LogP) is 1.65. The fraction of sp³-hybridized carbons (Fsp3) is 1.00. The molecule has 1 rings (SSSR count). The number of halogens is 1. The van der Waals surface area contributed by atoms with Gasteiger partial charge in [-0.15, -0.1) is 0 Å². The summed E-state index contributed by atoms with van der Waals surface area (Å²) in [6, 6.07) is 0. The van der Waals surface area contributed by atoms with Crippen LogP contribution in [0.5, 0.6) is 0 Å². The fourth-order valence-corrected chi connectivity index (χ4v) is 2.33. The fourth-order valence-electron chi connectivity index (χ4n) is 1.83. The molecule has 0 N–H and O–H groups in total. The Morgan fingerprint density at radius 3 is 2.08 bits per heavy atom. The van der Waals surface area contributed by atoms with Crippen LogP contribution in [0.25, 0.3) is 0 Å². The van der Waals surface area contributed by atoms with E-state index in [-0.39, 0.29) is 0 Å². The van der Waals surface area contributed by atoms with Crippen LogP contribution in [0.2, 0.25) is 0 Å². The van der Waals surface area contributed by atoms with Gasteiger partial charge in [0.25, 0.3) is 0 Å². The summed E-state index contributed by atoms with van der Waals surface area (Å²) in [6.07, 6.45) is 0. The average molecular weight is 249 g/mol. The topological polar surface area (TPSA) is 6.48 Å². The van der Waals surface area contributed by atoms with Crippen molar-refractivity contribution in [1.29, 1.82) is 0 Å². The third-order valence-electron chi connectivity index (χ3n) is 2.49. The minimum atomic E-state index is 0.808. The van der Waals surface area contributed by atoms with Crippen LogP contribution in [0.15, 0.2) is 0 Å². The monoisotopic (exact) mass is 248 g/mol. The molecule has 0 amide bonds. The maximum Gasteiger partial charge on any atom is 0.0159 e. The van der Waals surface area contributed by atoms with Gasteiger partial charge in [-0.3, -0.25) is 4.90 Å². The van der Waals surface area contributed by atoms with E-state index in [9.17, 15) is 0 Å². The number of hydrogen-bond acceptors (Lipinski definition) is 2. The number of piperazine rings is 1. The molecule has 1 aliphatic rings. The highest BCUT2D eigenvalue weighted by Crippen LogP contribution is 2.05. The molecule has 0 saturated carbocycles. The minimum Gasteiger partial charge on any atom is -0.301 e. The molecular weight excluding hydrogens is 228 g/mol. The molecule has 0 atom stereocenters. The van der Waals surface area contributed by atoms with Crippen molar-refractivity contribution in [2.45, 2.75) is 13.8 Å². The molecule has 0 spiro atoms. The SMILES string of the molecule is CC(C)CN1CCN(CCBr)CC1. The van der Waals surface area contributed by atoms with Crippen molar-refractivity contribution in [1.82, 2.24) is 9.80 Å². The van der Waals surface area contributed by atoms with Crippen LogP contribution < -0.4 is 0 Å². The Hall–Kier alpha value is 0.400. The molecule has 0 aromatic carbocycles. The van der Waals surface area contributed by atoms with Crippen molar-refractivity contribution in [3.63, 3.8) is 0 Å². The first-order valence-corrected chi connectivity index (χ1v) is 6.35. The molecule has 3 heteroatoms. The van der Waals surface area contributed by atoms with Crippen molar-refractivity contribution in [3.8, 4) is 0 Å². The zero-order valence-corrected chi connectivity index (χ0v) is 10.4. The van der Waals surface area contributed by atoms with E-state index >= 15 is 0 Å². The van der Waals surface area contributed by atoms with E-state index in [1.54, 1.807) is 0 Å². The summed E-state index contributed by atoms with van der Waals surface area (Å²) >= 11 is 3.49. The van der Waals surface area contributed by atoms with E-state index in [2.05, 4.69) is 39.6 Å². The second kappa shape index (κ2) is 5.99. The summed E-state index contributed by atoms with van der Waals surface area (Å²) in [5.41, 5.74) is 0. The summed E-state index contributed by atoms with van der Waals surface area (Å²) in [4.78, 5) is 5.11. The van der Waals surface area contributed by atoms with Gasteiger partial charge in [-0.1, -0.05) is 29.8 Å². The normalized spacial score (nSPS) is 21.2. The van der Waals surface area contributed by atoms with Crippen LogP contribution >= 0.6 is 15.9 Å². The van der Waals surface area contributed by atoms with Crippen LogP contribution in [0.1, 0.15) is 13.8 Å². The Kier molecular flexibility index (Phi) is 5.29. The molecule has 78 valence electrons. The Morgan fingerprint density at radius 1 is 1.08 bits per heavy atom. The standard InChI is InChI=1S/C10H21BrN2/c1-10(2)9-13-7-5-12(4-3-11)6-8-13/h10H,3-9H2,1-2H3. The first kappa shape index (κ1) is 11.5. The third-order valence-corrected chi connectivity index (χ3v) is 2.84. The zero-order valence-electron chi connectivity index (χ0n) is 8.80. The van der Waals surface area contributed by atoms with Gasteiger partial charge in [-0.25, -0.2) is 0 Å². The lowest BCUT2D eigenvalue weighted by Crippen LogP contribution is -2.47. The van der Waals surface area contributed by atoms with Crippen molar-refractivity contribution in [2.75, 3.05) is 44.6 Å². The van der Waals surface area contributed by atoms with E-state index in [0.29, 0.717) is 0 Å². The van der Waals surface area contributed by atoms with Crippen molar-refractivity contribution in [3.05, 3.63) is 0 Å². The Morgan fingerprint density at radius 2 is 1.62 bits per heavy atom. The highest BCUT2D eigenvalue weighted by atomic mass is 79.9. The summed E-state index contributed by atoms with van der Waals surface area (Å²) in [5.74, 6) is 0.808. The maximum atomic E-state index is 3.49. The highest BCUT2D eigenvalue weighted by molar-refractivity contribution is 9.09. The van der Waals surface area contributed by atoms with Crippen LogP contribution in [0.3, 0.4) is 0 Å². The van der Waals surface area contributed by atoms with Gasteiger partial charge in [0.15, 0.2) is 0 Å². The van der Waals surface area contributed by atoms with Gasteiger partial charge >= 0.3 is 0 Å². The summed E-state index contributed by atoms with van der Waals surface area (Å²) in [7, 11) is 0. The van der Waals surface area contributed by atoms with Gasteiger partial charge in [-0.05, 0) is 5.92 Å². The summed E-state index contributed by atoms with van der Waals surface area (Å²) in [6.45, 7) is 12.1. The van der Waals surface area contributed by atoms with Gasteiger partial charge in [0.05, 0.1) is 0 Å². The van der Waals surface area contributed by atoms with Crippen molar-refractivity contribution in [2.24, 2.45) is 5.92 Å². The van der Waals surface area contributed by atoms with E-state index in [1.165, 1.54) is 39.3 Å². The van der Waals surface area contributed by atoms with E-state index in [0.717, 1.165) is 11.2 Å². The lowest BCUT2D eigenvalue weighted by molar-refractivity contribution is 0.128. The van der Waals surface area contributed by atoms with Gasteiger partial charge in [-0.2, -0.15) is 0 Å². The van der Waals surface area contributed by atoms with E-state index in [4.69, 9.17) is 0 Å². The molecule has 0 radical (unpaired) electrons. The van der Waals surface area contributed by atoms with Gasteiger partial charge < -0.3 is 4.90 Å². The molecule has 0 aromatic heterocycles. The molecule has 1 fully saturated rings. The zero-order chi connectivity index (χ0) is 9.68. The molecule has 0 aromatic rings. The van der Waals surface area contributed by atoms with Crippen LogP contribution in [0, 0.1) is 5.92 Å². The maximum absolute atomic E-state index is 3.49. The number of nitrogens with zero attached hydrogens (tertiary/aromatic N) is 2. The van der Waals surface area contributed by atoms with Crippen LogP contribution in [-0.2, 0) is 0 Å².